The summed E-state index contributed by atoms with van der Waals surface area (Å²) in [5, 5.41) is 0. The Morgan fingerprint density at radius 1 is 0.542 bits per heavy atom. The van der Waals surface area contributed by atoms with Crippen LogP contribution < -0.4 is 24.6 Å². The molecule has 0 aromatic heterocycles. The van der Waals surface area contributed by atoms with Crippen LogP contribution in [0.25, 0.3) is 0 Å². The van der Waals surface area contributed by atoms with Gasteiger partial charge in [0.2, 0.25) is 0 Å². The molecule has 0 fully saturated rings. The van der Waals surface area contributed by atoms with Crippen molar-refractivity contribution in [2.24, 2.45) is 0 Å². The molecule has 0 rings (SSSR count). The summed E-state index contributed by atoms with van der Waals surface area (Å²) in [6.07, 6.45) is 1.91. The van der Waals surface area contributed by atoms with Gasteiger partial charge in [0, 0.05) is 0 Å². The van der Waals surface area contributed by atoms with Gasteiger partial charge in [-0.25, -0.2) is 0 Å². The summed E-state index contributed by atoms with van der Waals surface area (Å²) in [5.41, 5.74) is 0. The van der Waals surface area contributed by atoms with Crippen LogP contribution in [0.3, 0.4) is 0 Å². The summed E-state index contributed by atoms with van der Waals surface area (Å²) >= 11 is -1.58. The fourth-order valence-corrected chi connectivity index (χ4v) is 2.87. The van der Waals surface area contributed by atoms with Crippen molar-refractivity contribution < 1.29 is 67.9 Å². The molecule has 8 nitrogen and oxygen atoms in total. The number of hydrogen-bond acceptors (Lipinski definition) is 4. The van der Waals surface area contributed by atoms with Crippen molar-refractivity contribution in [3.8, 4) is 0 Å². The average Bonchev–Trinajstić information content (AvgIpc) is 2.54. The predicted molar refractivity (Wildman–Crippen MR) is 73.7 cm³/mol. The smallest absolute Gasteiger partial charge is 1.00 e. The third-order valence-corrected chi connectivity index (χ3v) is 4.61. The Morgan fingerprint density at radius 2 is 0.708 bits per heavy atom. The molecule has 0 spiro atoms. The first-order valence-corrected chi connectivity index (χ1v) is 10.2. The van der Waals surface area contributed by atoms with Crippen molar-refractivity contribution in [2.45, 2.75) is 53.4 Å². The van der Waals surface area contributed by atoms with E-state index in [0.717, 1.165) is 0 Å². The van der Waals surface area contributed by atoms with Crippen molar-refractivity contribution in [3.05, 3.63) is 0 Å². The van der Waals surface area contributed by atoms with Gasteiger partial charge in [-0.05, 0) is 0 Å². The SMILES string of the molecule is CCC(=O)[NH][Ti+][NH]C(=O)CC.CCC(=O)[NH][Ti+][NH]C(=O)CC.[F-].[F-]. The van der Waals surface area contributed by atoms with Crippen LogP contribution in [0, 0.1) is 0 Å². The summed E-state index contributed by atoms with van der Waals surface area (Å²) in [6.45, 7) is 7.12. The molecule has 0 atom stereocenters. The zero-order valence-electron chi connectivity index (χ0n) is 14.2. The van der Waals surface area contributed by atoms with Crippen molar-refractivity contribution in [1.29, 1.82) is 0 Å². The molecule has 12 heteroatoms. The molecule has 24 heavy (non-hydrogen) atoms. The molecule has 4 N–H and O–H groups in total. The molecule has 0 unspecified atom stereocenters. The van der Waals surface area contributed by atoms with E-state index in [1.54, 1.807) is 27.7 Å². The number of carbonyl (C=O) groups is 4. The molecule has 0 bridgehead atoms. The van der Waals surface area contributed by atoms with Gasteiger partial charge in [-0.1, -0.05) is 0 Å². The van der Waals surface area contributed by atoms with Crippen LogP contribution in [0.4, 0.5) is 0 Å². The van der Waals surface area contributed by atoms with Crippen LogP contribution in [0.5, 0.6) is 0 Å². The predicted octanol–water partition coefficient (Wildman–Crippen LogP) is -6.09. The molecule has 0 aromatic carbocycles. The fraction of sp³-hybridized carbons (Fsp3) is 0.667. The van der Waals surface area contributed by atoms with Crippen molar-refractivity contribution in [2.75, 3.05) is 0 Å². The molecule has 138 valence electrons. The van der Waals surface area contributed by atoms with E-state index in [4.69, 9.17) is 0 Å². The van der Waals surface area contributed by atoms with Crippen LogP contribution in [-0.4, -0.2) is 23.6 Å². The van der Waals surface area contributed by atoms with Crippen molar-refractivity contribution in [1.82, 2.24) is 15.2 Å². The normalized spacial score (nSPS) is 7.50. The first kappa shape index (κ1) is 31.0. The van der Waals surface area contributed by atoms with Crippen LogP contribution in [0.2, 0.25) is 0 Å². The van der Waals surface area contributed by atoms with Gasteiger partial charge in [0.15, 0.2) is 0 Å². The quantitative estimate of drug-likeness (QED) is 0.292. The van der Waals surface area contributed by atoms with Gasteiger partial charge < -0.3 is 9.41 Å². The maximum Gasteiger partial charge on any atom is -1.00 e. The standard InChI is InChI=1S/4C3H7NO.2FH.2Ti/c4*1-2-3(4)5;;;;/h4*2H2,1H3,(H2,4,5);2*1H;;/q;;;;;;2*+3/p-6. The van der Waals surface area contributed by atoms with Gasteiger partial charge in [-0.2, -0.15) is 0 Å². The van der Waals surface area contributed by atoms with E-state index < -0.39 is 39.3 Å². The number of amides is 4. The number of nitrogens with one attached hydrogen (secondary N) is 4. The topological polar surface area (TPSA) is 116 Å². The zero-order valence-corrected chi connectivity index (χ0v) is 17.3. The number of hydrogen-bond donors (Lipinski definition) is 4. The first-order chi connectivity index (χ1) is 10.4. The van der Waals surface area contributed by atoms with E-state index in [2.05, 4.69) is 15.2 Å². The monoisotopic (exact) mass is 422 g/mol. The number of rotatable bonds is 8. The average molecular weight is 422 g/mol. The fourth-order valence-electron chi connectivity index (χ4n) is 0.695. The maximum absolute atomic E-state index is 10.7. The van der Waals surface area contributed by atoms with Gasteiger partial charge in [0.1, 0.15) is 0 Å². The van der Waals surface area contributed by atoms with E-state index in [1.807, 2.05) is 0 Å². The Hall–Kier alpha value is -0.831. The molecule has 0 aromatic rings. The van der Waals surface area contributed by atoms with Crippen LogP contribution in [0.1, 0.15) is 53.4 Å². The van der Waals surface area contributed by atoms with Crippen molar-refractivity contribution in [3.63, 3.8) is 0 Å². The van der Waals surface area contributed by atoms with Gasteiger partial charge >= 0.3 is 151 Å². The van der Waals surface area contributed by atoms with Gasteiger partial charge in [0.25, 0.3) is 0 Å². The summed E-state index contributed by atoms with van der Waals surface area (Å²) in [5.74, 6) is 0.00520. The third kappa shape index (κ3) is 23.4. The van der Waals surface area contributed by atoms with Gasteiger partial charge in [-0.3, -0.25) is 0 Å². The molecule has 0 saturated heterocycles. The van der Waals surface area contributed by atoms with E-state index in [0.29, 0.717) is 25.7 Å². The van der Waals surface area contributed by atoms with Crippen LogP contribution in [0.15, 0.2) is 0 Å². The number of halogens is 2. The second kappa shape index (κ2) is 22.2. The van der Waals surface area contributed by atoms with E-state index in [1.165, 1.54) is 0 Å². The summed E-state index contributed by atoms with van der Waals surface area (Å²) in [4.78, 5) is 42.6. The Morgan fingerprint density at radius 3 is 0.833 bits per heavy atom. The van der Waals surface area contributed by atoms with Crippen molar-refractivity contribution >= 4 is 23.6 Å². The van der Waals surface area contributed by atoms with Gasteiger partial charge in [-0.15, -0.1) is 0 Å². The molecular formula is C12H24F2N4O4Ti2. The first-order valence-electron chi connectivity index (χ1n) is 7.06. The molecule has 0 radical (unpaired) electrons. The Kier molecular flexibility index (Phi) is 28.6. The molecule has 4 amide bonds. The van der Waals surface area contributed by atoms with E-state index in [9.17, 15) is 19.2 Å². The minimum Gasteiger partial charge on any atom is -1.00 e. The Balaban J connectivity index is -0.000000154. The molecule has 0 heterocycles. The second-order valence-corrected chi connectivity index (χ2v) is 6.20. The largest absolute Gasteiger partial charge is 1.00 e. The minimum atomic E-state index is -0.791. The molecule has 0 saturated carbocycles. The molecule has 0 aliphatic rings. The van der Waals surface area contributed by atoms with E-state index in [-0.39, 0.29) is 33.0 Å². The Labute approximate surface area is 159 Å². The van der Waals surface area contributed by atoms with Crippen LogP contribution in [-0.2, 0) is 58.5 Å². The second-order valence-electron chi connectivity index (χ2n) is 3.86. The molecular weight excluding hydrogens is 398 g/mol. The van der Waals surface area contributed by atoms with Gasteiger partial charge in [0.05, 0.1) is 0 Å². The molecule has 0 aliphatic heterocycles. The van der Waals surface area contributed by atoms with Crippen LogP contribution >= 0.6 is 0 Å². The summed E-state index contributed by atoms with van der Waals surface area (Å²) in [7, 11) is 0. The summed E-state index contributed by atoms with van der Waals surface area (Å²) < 4.78 is 10.6. The van der Waals surface area contributed by atoms with E-state index >= 15 is 0 Å². The maximum atomic E-state index is 10.7. The summed E-state index contributed by atoms with van der Waals surface area (Å²) in [6, 6.07) is 0. The third-order valence-electron chi connectivity index (χ3n) is 2.09. The minimum absolute atomic E-state index is 0. The molecule has 0 aliphatic carbocycles. The number of carbonyl (C=O) groups excluding carboxylic acids is 4. The Bertz CT molecular complexity index is 311. The zero-order chi connectivity index (χ0) is 17.4.